The Hall–Kier alpha value is -0.610. The van der Waals surface area contributed by atoms with Gasteiger partial charge in [-0.1, -0.05) is 15.9 Å². The smallest absolute Gasteiger partial charge is 0.0868 e. The molecular formula is C14H14Br2N2. The summed E-state index contributed by atoms with van der Waals surface area (Å²) in [4.78, 5) is 4.81. The number of nitrogens with one attached hydrogen (secondary N) is 1. The average molecular weight is 370 g/mol. The molecule has 0 bridgehead atoms. The zero-order valence-electron chi connectivity index (χ0n) is 10.1. The first-order valence-corrected chi connectivity index (χ1v) is 7.81. The van der Waals surface area contributed by atoms with Gasteiger partial charge in [0.05, 0.1) is 5.52 Å². The second kappa shape index (κ2) is 4.82. The van der Waals surface area contributed by atoms with Gasteiger partial charge in [0.2, 0.25) is 0 Å². The van der Waals surface area contributed by atoms with Crippen LogP contribution in [0.15, 0.2) is 27.1 Å². The van der Waals surface area contributed by atoms with Gasteiger partial charge in [-0.25, -0.2) is 0 Å². The molecule has 0 aliphatic heterocycles. The SMILES string of the molecule is CCNc1cc(C2CC2)nc2c(Br)cc(Br)cc12. The third kappa shape index (κ3) is 2.28. The van der Waals surface area contributed by atoms with Gasteiger partial charge in [-0.05, 0) is 53.9 Å². The lowest BCUT2D eigenvalue weighted by molar-refractivity contribution is 1.04. The molecule has 0 radical (unpaired) electrons. The standard InChI is InChI=1S/C14H14Br2N2/c1-2-17-13-7-12(8-3-4-8)18-14-10(13)5-9(15)6-11(14)16/h5-8H,2-4H2,1H3,(H,17,18). The van der Waals surface area contributed by atoms with Gasteiger partial charge in [-0.15, -0.1) is 0 Å². The van der Waals surface area contributed by atoms with Crippen LogP contribution in [0.2, 0.25) is 0 Å². The Labute approximate surface area is 123 Å². The van der Waals surface area contributed by atoms with E-state index < -0.39 is 0 Å². The maximum Gasteiger partial charge on any atom is 0.0868 e. The van der Waals surface area contributed by atoms with Gasteiger partial charge in [0.1, 0.15) is 0 Å². The Morgan fingerprint density at radius 1 is 1.28 bits per heavy atom. The van der Waals surface area contributed by atoms with E-state index in [2.05, 4.69) is 62.3 Å². The number of hydrogen-bond donors (Lipinski definition) is 1. The van der Waals surface area contributed by atoms with E-state index >= 15 is 0 Å². The molecule has 1 aromatic heterocycles. The van der Waals surface area contributed by atoms with Crippen LogP contribution in [0, 0.1) is 0 Å². The lowest BCUT2D eigenvalue weighted by Gasteiger charge is -2.12. The summed E-state index contributed by atoms with van der Waals surface area (Å²) in [6.07, 6.45) is 2.55. The molecular weight excluding hydrogens is 356 g/mol. The molecule has 0 amide bonds. The molecule has 1 aliphatic rings. The molecule has 1 N–H and O–H groups in total. The maximum absolute atomic E-state index is 4.81. The number of benzene rings is 1. The van der Waals surface area contributed by atoms with E-state index in [-0.39, 0.29) is 0 Å². The molecule has 4 heteroatoms. The van der Waals surface area contributed by atoms with Gasteiger partial charge in [0.15, 0.2) is 0 Å². The Morgan fingerprint density at radius 2 is 2.06 bits per heavy atom. The first kappa shape index (κ1) is 12.4. The van der Waals surface area contributed by atoms with E-state index in [1.165, 1.54) is 29.6 Å². The van der Waals surface area contributed by atoms with Gasteiger partial charge < -0.3 is 5.32 Å². The van der Waals surface area contributed by atoms with Gasteiger partial charge in [-0.3, -0.25) is 4.98 Å². The van der Waals surface area contributed by atoms with E-state index in [4.69, 9.17) is 4.98 Å². The van der Waals surface area contributed by atoms with Crippen molar-refractivity contribution in [3.05, 3.63) is 32.8 Å². The van der Waals surface area contributed by atoms with Crippen molar-refractivity contribution in [2.24, 2.45) is 0 Å². The summed E-state index contributed by atoms with van der Waals surface area (Å²) < 4.78 is 2.12. The van der Waals surface area contributed by atoms with Crippen molar-refractivity contribution in [1.82, 2.24) is 4.98 Å². The fourth-order valence-corrected chi connectivity index (χ4v) is 3.51. The molecule has 1 aromatic carbocycles. The number of aromatic nitrogens is 1. The van der Waals surface area contributed by atoms with Gasteiger partial charge in [0, 0.05) is 38.2 Å². The van der Waals surface area contributed by atoms with Gasteiger partial charge >= 0.3 is 0 Å². The van der Waals surface area contributed by atoms with Crippen molar-refractivity contribution in [1.29, 1.82) is 0 Å². The van der Waals surface area contributed by atoms with Crippen molar-refractivity contribution in [2.45, 2.75) is 25.7 Å². The second-order valence-corrected chi connectivity index (χ2v) is 6.45. The van der Waals surface area contributed by atoms with Crippen molar-refractivity contribution < 1.29 is 0 Å². The van der Waals surface area contributed by atoms with Crippen LogP contribution in [0.5, 0.6) is 0 Å². The zero-order valence-corrected chi connectivity index (χ0v) is 13.3. The molecule has 1 saturated carbocycles. The Morgan fingerprint density at radius 3 is 2.72 bits per heavy atom. The van der Waals surface area contributed by atoms with Crippen LogP contribution in [0.1, 0.15) is 31.4 Å². The number of anilines is 1. The summed E-state index contributed by atoms with van der Waals surface area (Å²) in [6.45, 7) is 3.05. The number of fused-ring (bicyclic) bond motifs is 1. The molecule has 0 spiro atoms. The third-order valence-corrected chi connectivity index (χ3v) is 4.28. The molecule has 1 heterocycles. The molecule has 18 heavy (non-hydrogen) atoms. The van der Waals surface area contributed by atoms with Crippen molar-refractivity contribution in [3.63, 3.8) is 0 Å². The second-order valence-electron chi connectivity index (χ2n) is 4.68. The highest BCUT2D eigenvalue weighted by Crippen LogP contribution is 2.42. The summed E-state index contributed by atoms with van der Waals surface area (Å²) in [7, 11) is 0. The highest BCUT2D eigenvalue weighted by Gasteiger charge is 2.26. The van der Waals surface area contributed by atoms with Gasteiger partial charge in [-0.2, -0.15) is 0 Å². The van der Waals surface area contributed by atoms with Crippen molar-refractivity contribution in [2.75, 3.05) is 11.9 Å². The largest absolute Gasteiger partial charge is 0.385 e. The molecule has 1 fully saturated rings. The average Bonchev–Trinajstić information content (AvgIpc) is 3.14. The van der Waals surface area contributed by atoms with Crippen LogP contribution in [0.25, 0.3) is 10.9 Å². The lowest BCUT2D eigenvalue weighted by Crippen LogP contribution is -2.00. The summed E-state index contributed by atoms with van der Waals surface area (Å²) >= 11 is 7.16. The first-order chi connectivity index (χ1) is 8.69. The quantitative estimate of drug-likeness (QED) is 0.816. The highest BCUT2D eigenvalue weighted by molar-refractivity contribution is 9.11. The molecule has 0 atom stereocenters. The summed E-state index contributed by atoms with van der Waals surface area (Å²) in [6, 6.07) is 6.39. The number of halogens is 2. The van der Waals surface area contributed by atoms with Crippen LogP contribution in [-0.4, -0.2) is 11.5 Å². The van der Waals surface area contributed by atoms with Crippen molar-refractivity contribution in [3.8, 4) is 0 Å². The van der Waals surface area contributed by atoms with Crippen LogP contribution < -0.4 is 5.32 Å². The molecule has 0 unspecified atom stereocenters. The zero-order chi connectivity index (χ0) is 12.7. The van der Waals surface area contributed by atoms with E-state index in [1.54, 1.807) is 0 Å². The first-order valence-electron chi connectivity index (χ1n) is 6.22. The fraction of sp³-hybridized carbons (Fsp3) is 0.357. The summed E-state index contributed by atoms with van der Waals surface area (Å²) in [5.74, 6) is 0.669. The van der Waals surface area contributed by atoms with E-state index in [0.29, 0.717) is 5.92 Å². The minimum Gasteiger partial charge on any atom is -0.385 e. The predicted molar refractivity (Wildman–Crippen MR) is 83.3 cm³/mol. The molecule has 2 nitrogen and oxygen atoms in total. The topological polar surface area (TPSA) is 24.9 Å². The van der Waals surface area contributed by atoms with E-state index in [0.717, 1.165) is 21.0 Å². The van der Waals surface area contributed by atoms with Crippen molar-refractivity contribution >= 4 is 48.5 Å². The number of nitrogens with zero attached hydrogens (tertiary/aromatic N) is 1. The molecule has 2 aromatic rings. The molecule has 1 aliphatic carbocycles. The van der Waals surface area contributed by atoms with Gasteiger partial charge in [0.25, 0.3) is 0 Å². The van der Waals surface area contributed by atoms with E-state index in [9.17, 15) is 0 Å². The summed E-state index contributed by atoms with van der Waals surface area (Å²) in [5.41, 5.74) is 3.46. The number of rotatable bonds is 3. The Bertz CT molecular complexity index is 606. The minimum atomic E-state index is 0.669. The van der Waals surface area contributed by atoms with Crippen LogP contribution in [0.4, 0.5) is 5.69 Å². The van der Waals surface area contributed by atoms with Crippen LogP contribution in [0.3, 0.4) is 0 Å². The number of hydrogen-bond acceptors (Lipinski definition) is 2. The molecule has 0 saturated heterocycles. The highest BCUT2D eigenvalue weighted by atomic mass is 79.9. The fourth-order valence-electron chi connectivity index (χ4n) is 2.20. The minimum absolute atomic E-state index is 0.669. The number of pyridine rings is 1. The monoisotopic (exact) mass is 368 g/mol. The third-order valence-electron chi connectivity index (χ3n) is 3.21. The Kier molecular flexibility index (Phi) is 3.32. The lowest BCUT2D eigenvalue weighted by atomic mass is 10.1. The molecule has 94 valence electrons. The van der Waals surface area contributed by atoms with E-state index in [1.807, 2.05) is 0 Å². The predicted octanol–water partition coefficient (Wildman–Crippen LogP) is 5.07. The van der Waals surface area contributed by atoms with Crippen LogP contribution >= 0.6 is 31.9 Å². The molecule has 3 rings (SSSR count). The maximum atomic E-state index is 4.81. The summed E-state index contributed by atoms with van der Waals surface area (Å²) in [5, 5.41) is 4.62. The normalized spacial score (nSPS) is 15.1. The van der Waals surface area contributed by atoms with Crippen LogP contribution in [-0.2, 0) is 0 Å². The Balaban J connectivity index is 2.26.